The van der Waals surface area contributed by atoms with Crippen LogP contribution in [-0.2, 0) is 0 Å². The van der Waals surface area contributed by atoms with Crippen LogP contribution in [0.2, 0.25) is 5.02 Å². The summed E-state index contributed by atoms with van der Waals surface area (Å²) in [5.74, 6) is 0.808. The molecule has 10 heteroatoms. The first-order chi connectivity index (χ1) is 16.3. The number of carbonyl (C=O) groups excluding carboxylic acids is 2. The number of aliphatic hydroxyl groups is 1. The smallest absolute Gasteiger partial charge is 0.320 e. The highest BCUT2D eigenvalue weighted by Gasteiger charge is 2.31. The summed E-state index contributed by atoms with van der Waals surface area (Å²) in [6.07, 6.45) is 4.12. The maximum Gasteiger partial charge on any atom is 0.320 e. The average molecular weight is 494 g/mol. The summed E-state index contributed by atoms with van der Waals surface area (Å²) in [4.78, 5) is 31.6. The number of carbonyl (C=O) groups is 2. The van der Waals surface area contributed by atoms with E-state index in [2.05, 4.69) is 10.2 Å². The lowest BCUT2D eigenvalue weighted by Crippen LogP contribution is -2.49. The Bertz CT molecular complexity index is 884. The number of nitrogens with two attached hydrogens (primary N) is 1. The quantitative estimate of drug-likeness (QED) is 0.541. The van der Waals surface area contributed by atoms with E-state index in [1.54, 1.807) is 17.0 Å². The Labute approximate surface area is 206 Å². The summed E-state index contributed by atoms with van der Waals surface area (Å²) in [6, 6.07) is 3.32. The van der Waals surface area contributed by atoms with E-state index in [-0.39, 0.29) is 24.1 Å². The highest BCUT2D eigenvalue weighted by molar-refractivity contribution is 6.33. The van der Waals surface area contributed by atoms with E-state index in [4.69, 9.17) is 22.1 Å². The molecule has 188 valence electrons. The maximum atomic E-state index is 12.8. The van der Waals surface area contributed by atoms with Crippen molar-refractivity contribution in [1.82, 2.24) is 20.0 Å². The summed E-state index contributed by atoms with van der Waals surface area (Å²) in [5.41, 5.74) is 6.60. The van der Waals surface area contributed by atoms with Gasteiger partial charge in [0.25, 0.3) is 5.91 Å². The number of piperidine rings is 2. The number of hydrogen-bond acceptors (Lipinski definition) is 6. The summed E-state index contributed by atoms with van der Waals surface area (Å²) >= 11 is 6.11. The fourth-order valence-corrected chi connectivity index (χ4v) is 5.39. The van der Waals surface area contributed by atoms with Crippen LogP contribution in [0.1, 0.15) is 42.5 Å². The van der Waals surface area contributed by atoms with E-state index >= 15 is 0 Å². The Morgan fingerprint density at radius 3 is 2.38 bits per heavy atom. The van der Waals surface area contributed by atoms with Crippen molar-refractivity contribution in [2.24, 2.45) is 5.92 Å². The molecule has 4 N–H and O–H groups in total. The third-order valence-corrected chi connectivity index (χ3v) is 7.65. The zero-order valence-corrected chi connectivity index (χ0v) is 20.6. The van der Waals surface area contributed by atoms with Gasteiger partial charge >= 0.3 is 6.03 Å². The number of aliphatic hydroxyl groups excluding tert-OH is 1. The molecule has 3 aliphatic rings. The zero-order valence-electron chi connectivity index (χ0n) is 19.8. The van der Waals surface area contributed by atoms with Gasteiger partial charge in [0.05, 0.1) is 29.5 Å². The molecule has 34 heavy (non-hydrogen) atoms. The molecule has 0 aliphatic carbocycles. The van der Waals surface area contributed by atoms with Crippen molar-refractivity contribution in [2.45, 2.75) is 44.2 Å². The molecule has 1 aromatic carbocycles. The van der Waals surface area contributed by atoms with Gasteiger partial charge in [-0.05, 0) is 44.1 Å². The highest BCUT2D eigenvalue weighted by atomic mass is 35.5. The number of likely N-dealkylation sites (tertiary alicyclic amines) is 3. The van der Waals surface area contributed by atoms with Gasteiger partial charge in [-0.15, -0.1) is 0 Å². The van der Waals surface area contributed by atoms with Gasteiger partial charge in [0, 0.05) is 57.9 Å². The minimum atomic E-state index is -0.375. The van der Waals surface area contributed by atoms with Crippen LogP contribution in [0.3, 0.4) is 0 Å². The average Bonchev–Trinajstić information content (AvgIpc) is 3.28. The molecule has 0 radical (unpaired) electrons. The van der Waals surface area contributed by atoms with Gasteiger partial charge in [-0.1, -0.05) is 11.6 Å². The molecule has 0 spiro atoms. The third kappa shape index (κ3) is 5.87. The summed E-state index contributed by atoms with van der Waals surface area (Å²) in [6.45, 7) is 5.60. The van der Waals surface area contributed by atoms with Gasteiger partial charge in [0.2, 0.25) is 0 Å². The number of nitrogen functional groups attached to an aromatic ring is 1. The van der Waals surface area contributed by atoms with Crippen LogP contribution in [0.15, 0.2) is 12.1 Å². The van der Waals surface area contributed by atoms with Crippen LogP contribution in [0.5, 0.6) is 5.75 Å². The minimum absolute atomic E-state index is 0.0746. The van der Waals surface area contributed by atoms with Crippen LogP contribution in [-0.4, -0.2) is 96.8 Å². The van der Waals surface area contributed by atoms with Crippen molar-refractivity contribution >= 4 is 29.2 Å². The molecule has 3 heterocycles. The van der Waals surface area contributed by atoms with E-state index in [0.29, 0.717) is 47.5 Å². The molecule has 1 atom stereocenters. The number of benzene rings is 1. The largest absolute Gasteiger partial charge is 0.496 e. The number of urea groups is 1. The molecule has 0 bridgehead atoms. The first kappa shape index (κ1) is 24.9. The van der Waals surface area contributed by atoms with E-state index in [1.165, 1.54) is 7.11 Å². The molecule has 3 aliphatic heterocycles. The molecular weight excluding hydrogens is 458 g/mol. The van der Waals surface area contributed by atoms with Gasteiger partial charge in [-0.3, -0.25) is 4.79 Å². The fourth-order valence-electron chi connectivity index (χ4n) is 5.23. The number of halogens is 1. The molecule has 3 saturated heterocycles. The van der Waals surface area contributed by atoms with E-state index in [0.717, 1.165) is 58.4 Å². The normalized spacial score (nSPS) is 22.7. The van der Waals surface area contributed by atoms with Gasteiger partial charge in [0.1, 0.15) is 5.75 Å². The Balaban J connectivity index is 1.19. The molecule has 0 saturated carbocycles. The van der Waals surface area contributed by atoms with Crippen molar-refractivity contribution in [2.75, 3.05) is 58.7 Å². The number of methoxy groups -OCH3 is 1. The number of β-amino-alcohol motifs (C(OH)–C–C–N with tert-alkyl or cyclic N) is 1. The lowest BCUT2D eigenvalue weighted by Gasteiger charge is -2.38. The number of hydrogen-bond donors (Lipinski definition) is 3. The minimum Gasteiger partial charge on any atom is -0.496 e. The standard InChI is InChI=1S/C24H36ClN5O4/c1-34-22-13-21(26)20(25)12-19(22)23(32)27-17-4-7-28(8-5-17)14-16-2-9-29(10-3-16)24(33)30-11-6-18(31)15-30/h12-13,16-18,31H,2-11,14-15,26H2,1H3,(H,27,32). The number of anilines is 1. The van der Waals surface area contributed by atoms with Gasteiger partial charge in [-0.25, -0.2) is 4.79 Å². The predicted octanol–water partition coefficient (Wildman–Crippen LogP) is 2.02. The Hall–Kier alpha value is -2.23. The van der Waals surface area contributed by atoms with Crippen molar-refractivity contribution < 1.29 is 19.4 Å². The third-order valence-electron chi connectivity index (χ3n) is 7.32. The van der Waals surface area contributed by atoms with Crippen LogP contribution in [0, 0.1) is 5.92 Å². The number of nitrogens with zero attached hydrogens (tertiary/aromatic N) is 3. The fraction of sp³-hybridized carbons (Fsp3) is 0.667. The van der Waals surface area contributed by atoms with Crippen LogP contribution >= 0.6 is 11.6 Å². The predicted molar refractivity (Wildman–Crippen MR) is 131 cm³/mol. The topological polar surface area (TPSA) is 111 Å². The lowest BCUT2D eigenvalue weighted by atomic mass is 9.94. The summed E-state index contributed by atoms with van der Waals surface area (Å²) < 4.78 is 5.30. The first-order valence-electron chi connectivity index (χ1n) is 12.2. The summed E-state index contributed by atoms with van der Waals surface area (Å²) in [7, 11) is 1.51. The molecule has 0 aromatic heterocycles. The Kier molecular flexibility index (Phi) is 8.06. The SMILES string of the molecule is COc1cc(N)c(Cl)cc1C(=O)NC1CCN(CC2CCN(C(=O)N3CCC(O)C3)CC2)CC1. The zero-order chi connectivity index (χ0) is 24.2. The molecular formula is C24H36ClN5O4. The number of ether oxygens (including phenoxy) is 1. The van der Waals surface area contributed by atoms with Gasteiger partial charge < -0.3 is 35.6 Å². The molecule has 1 aromatic rings. The van der Waals surface area contributed by atoms with E-state index in [9.17, 15) is 14.7 Å². The monoisotopic (exact) mass is 493 g/mol. The van der Waals surface area contributed by atoms with Gasteiger partial charge in [0.15, 0.2) is 0 Å². The van der Waals surface area contributed by atoms with Crippen LogP contribution < -0.4 is 15.8 Å². The Morgan fingerprint density at radius 2 is 1.76 bits per heavy atom. The Morgan fingerprint density at radius 1 is 1.09 bits per heavy atom. The molecule has 1 unspecified atom stereocenters. The molecule has 3 fully saturated rings. The molecule has 9 nitrogen and oxygen atoms in total. The second-order valence-electron chi connectivity index (χ2n) is 9.72. The van der Waals surface area contributed by atoms with Crippen molar-refractivity contribution in [1.29, 1.82) is 0 Å². The van der Waals surface area contributed by atoms with Crippen molar-refractivity contribution in [3.63, 3.8) is 0 Å². The summed E-state index contributed by atoms with van der Waals surface area (Å²) in [5, 5.41) is 13.1. The lowest BCUT2D eigenvalue weighted by molar-refractivity contribution is 0.0885. The van der Waals surface area contributed by atoms with Crippen LogP contribution in [0.25, 0.3) is 0 Å². The van der Waals surface area contributed by atoms with E-state index < -0.39 is 0 Å². The number of nitrogens with one attached hydrogen (secondary N) is 1. The highest BCUT2D eigenvalue weighted by Crippen LogP contribution is 2.29. The van der Waals surface area contributed by atoms with Crippen molar-refractivity contribution in [3.8, 4) is 5.75 Å². The number of amides is 3. The molecule has 4 rings (SSSR count). The number of rotatable bonds is 5. The molecule has 3 amide bonds. The maximum absolute atomic E-state index is 12.8. The first-order valence-corrected chi connectivity index (χ1v) is 12.6. The van der Waals surface area contributed by atoms with Crippen LogP contribution in [0.4, 0.5) is 10.5 Å². The van der Waals surface area contributed by atoms with E-state index in [1.807, 2.05) is 4.90 Å². The van der Waals surface area contributed by atoms with Crippen molar-refractivity contribution in [3.05, 3.63) is 22.7 Å². The second kappa shape index (κ2) is 11.0. The van der Waals surface area contributed by atoms with Gasteiger partial charge in [-0.2, -0.15) is 0 Å². The second-order valence-corrected chi connectivity index (χ2v) is 10.1.